The Morgan fingerprint density at radius 3 is 2.83 bits per heavy atom. The zero-order valence-corrected chi connectivity index (χ0v) is 11.2. The minimum atomic E-state index is -1.01. The fraction of sp³-hybridized carbons (Fsp3) is 0.417. The molecule has 0 aliphatic heterocycles. The predicted octanol–water partition coefficient (Wildman–Crippen LogP) is 1.33. The van der Waals surface area contributed by atoms with Gasteiger partial charge in [-0.15, -0.1) is 0 Å². The van der Waals surface area contributed by atoms with Gasteiger partial charge < -0.3 is 10.4 Å². The maximum atomic E-state index is 11.9. The number of aliphatic carboxylic acids is 1. The van der Waals surface area contributed by atoms with Gasteiger partial charge in [0.1, 0.15) is 6.04 Å². The van der Waals surface area contributed by atoms with E-state index >= 15 is 0 Å². The van der Waals surface area contributed by atoms with Crippen LogP contribution >= 0.6 is 11.8 Å². The van der Waals surface area contributed by atoms with Gasteiger partial charge in [0.25, 0.3) is 5.91 Å². The predicted molar refractivity (Wildman–Crippen MR) is 70.9 cm³/mol. The Morgan fingerprint density at radius 1 is 1.56 bits per heavy atom. The van der Waals surface area contributed by atoms with Crippen molar-refractivity contribution in [2.24, 2.45) is 0 Å². The van der Waals surface area contributed by atoms with Crippen molar-refractivity contribution in [1.29, 1.82) is 0 Å². The molecule has 1 heterocycles. The number of nitrogens with one attached hydrogen (secondary N) is 1. The SMILES string of the molecule is CSCC[C@H](NC(=O)c1cnccc1C)C(=O)O. The van der Waals surface area contributed by atoms with Crippen LogP contribution in [0.15, 0.2) is 18.5 Å². The first-order chi connectivity index (χ1) is 8.56. The van der Waals surface area contributed by atoms with E-state index in [-0.39, 0.29) is 0 Å². The Hall–Kier alpha value is -1.56. The van der Waals surface area contributed by atoms with E-state index in [9.17, 15) is 9.59 Å². The Bertz CT molecular complexity index is 437. The molecule has 2 N–H and O–H groups in total. The molecule has 1 amide bonds. The summed E-state index contributed by atoms with van der Waals surface area (Å²) >= 11 is 1.55. The van der Waals surface area contributed by atoms with E-state index in [2.05, 4.69) is 10.3 Å². The van der Waals surface area contributed by atoms with Crippen LogP contribution in [0.2, 0.25) is 0 Å². The second-order valence-corrected chi connectivity index (χ2v) is 4.82. The molecule has 1 aromatic heterocycles. The highest BCUT2D eigenvalue weighted by Crippen LogP contribution is 2.07. The van der Waals surface area contributed by atoms with Crippen LogP contribution < -0.4 is 5.32 Å². The lowest BCUT2D eigenvalue weighted by Crippen LogP contribution is -2.41. The Labute approximate surface area is 110 Å². The quantitative estimate of drug-likeness (QED) is 0.813. The first-order valence-corrected chi connectivity index (χ1v) is 6.89. The van der Waals surface area contributed by atoms with Crippen LogP contribution in [0.25, 0.3) is 0 Å². The third-order valence-electron chi connectivity index (χ3n) is 2.50. The van der Waals surface area contributed by atoms with Crippen molar-refractivity contribution in [2.45, 2.75) is 19.4 Å². The lowest BCUT2D eigenvalue weighted by atomic mass is 10.1. The van der Waals surface area contributed by atoms with Crippen LogP contribution in [-0.2, 0) is 4.79 Å². The van der Waals surface area contributed by atoms with Crippen molar-refractivity contribution in [3.63, 3.8) is 0 Å². The molecular formula is C12H16N2O3S. The van der Waals surface area contributed by atoms with E-state index in [0.717, 1.165) is 5.56 Å². The molecule has 0 aromatic carbocycles. The maximum absolute atomic E-state index is 11.9. The molecule has 0 unspecified atom stereocenters. The van der Waals surface area contributed by atoms with Crippen LogP contribution in [0.3, 0.4) is 0 Å². The van der Waals surface area contributed by atoms with E-state index in [0.29, 0.717) is 17.7 Å². The molecular weight excluding hydrogens is 252 g/mol. The van der Waals surface area contributed by atoms with Crippen molar-refractivity contribution in [3.8, 4) is 0 Å². The Balaban J connectivity index is 2.72. The van der Waals surface area contributed by atoms with Gasteiger partial charge in [0.05, 0.1) is 5.56 Å². The molecule has 1 rings (SSSR count). The topological polar surface area (TPSA) is 79.3 Å². The smallest absolute Gasteiger partial charge is 0.326 e. The number of thioether (sulfide) groups is 1. The number of carbonyl (C=O) groups excluding carboxylic acids is 1. The van der Waals surface area contributed by atoms with E-state index in [1.165, 1.54) is 6.20 Å². The minimum absolute atomic E-state index is 0.394. The molecule has 0 saturated heterocycles. The number of pyridine rings is 1. The summed E-state index contributed by atoms with van der Waals surface area (Å²) < 4.78 is 0. The average molecular weight is 268 g/mol. The number of nitrogens with zero attached hydrogens (tertiary/aromatic N) is 1. The summed E-state index contributed by atoms with van der Waals surface area (Å²) in [6.45, 7) is 1.79. The van der Waals surface area contributed by atoms with Gasteiger partial charge in [-0.1, -0.05) is 0 Å². The first kappa shape index (κ1) is 14.5. The third-order valence-corrected chi connectivity index (χ3v) is 3.14. The highest BCUT2D eigenvalue weighted by Gasteiger charge is 2.20. The molecule has 0 spiro atoms. The van der Waals surface area contributed by atoms with Gasteiger partial charge in [-0.3, -0.25) is 9.78 Å². The molecule has 18 heavy (non-hydrogen) atoms. The van der Waals surface area contributed by atoms with Crippen molar-refractivity contribution in [2.75, 3.05) is 12.0 Å². The fourth-order valence-electron chi connectivity index (χ4n) is 1.43. The molecule has 0 saturated carbocycles. The zero-order chi connectivity index (χ0) is 13.5. The van der Waals surface area contributed by atoms with Crippen LogP contribution in [0.4, 0.5) is 0 Å². The number of carbonyl (C=O) groups is 2. The van der Waals surface area contributed by atoms with Crippen molar-refractivity contribution in [1.82, 2.24) is 10.3 Å². The number of carboxylic acids is 1. The molecule has 0 radical (unpaired) electrons. The van der Waals surface area contributed by atoms with Gasteiger partial charge in [-0.2, -0.15) is 11.8 Å². The van der Waals surface area contributed by atoms with Gasteiger partial charge in [0.2, 0.25) is 0 Å². The van der Waals surface area contributed by atoms with Gasteiger partial charge >= 0.3 is 5.97 Å². The van der Waals surface area contributed by atoms with Gasteiger partial charge in [-0.25, -0.2) is 4.79 Å². The number of hydrogen-bond acceptors (Lipinski definition) is 4. The number of amides is 1. The third kappa shape index (κ3) is 4.03. The monoisotopic (exact) mass is 268 g/mol. The summed E-state index contributed by atoms with van der Waals surface area (Å²) in [4.78, 5) is 26.8. The number of aryl methyl sites for hydroxylation is 1. The van der Waals surface area contributed by atoms with Crippen LogP contribution in [0.5, 0.6) is 0 Å². The fourth-order valence-corrected chi connectivity index (χ4v) is 1.90. The Kier molecular flexibility index (Phi) is 5.64. The van der Waals surface area contributed by atoms with Gasteiger partial charge in [0.15, 0.2) is 0 Å². The van der Waals surface area contributed by atoms with E-state index in [1.807, 2.05) is 6.26 Å². The number of aromatic nitrogens is 1. The van der Waals surface area contributed by atoms with Crippen molar-refractivity contribution < 1.29 is 14.7 Å². The van der Waals surface area contributed by atoms with E-state index in [4.69, 9.17) is 5.11 Å². The lowest BCUT2D eigenvalue weighted by molar-refractivity contribution is -0.139. The van der Waals surface area contributed by atoms with Crippen LogP contribution in [0, 0.1) is 6.92 Å². The standard InChI is InChI=1S/C12H16N2O3S/c1-8-3-5-13-7-9(8)11(15)14-10(12(16)17)4-6-18-2/h3,5,7,10H,4,6H2,1-2H3,(H,14,15)(H,16,17)/t10-/m0/s1. The second-order valence-electron chi connectivity index (χ2n) is 3.84. The highest BCUT2D eigenvalue weighted by molar-refractivity contribution is 7.98. The van der Waals surface area contributed by atoms with Gasteiger partial charge in [0, 0.05) is 12.4 Å². The van der Waals surface area contributed by atoms with E-state index < -0.39 is 17.9 Å². The number of rotatable bonds is 6. The molecule has 98 valence electrons. The summed E-state index contributed by atoms with van der Waals surface area (Å²) in [5.41, 5.74) is 1.18. The summed E-state index contributed by atoms with van der Waals surface area (Å²) in [6, 6.07) is 0.858. The minimum Gasteiger partial charge on any atom is -0.480 e. The molecule has 1 aromatic rings. The summed E-state index contributed by atoms with van der Waals surface area (Å²) in [7, 11) is 0. The maximum Gasteiger partial charge on any atom is 0.326 e. The zero-order valence-electron chi connectivity index (χ0n) is 10.3. The molecule has 0 fully saturated rings. The van der Waals surface area contributed by atoms with Crippen molar-refractivity contribution >= 4 is 23.6 Å². The second kappa shape index (κ2) is 7.00. The molecule has 0 bridgehead atoms. The molecule has 0 aliphatic rings. The lowest BCUT2D eigenvalue weighted by Gasteiger charge is -2.14. The summed E-state index contributed by atoms with van der Waals surface area (Å²) in [5, 5.41) is 11.5. The molecule has 0 aliphatic carbocycles. The first-order valence-electron chi connectivity index (χ1n) is 5.49. The summed E-state index contributed by atoms with van der Waals surface area (Å²) in [6.07, 6.45) is 5.33. The van der Waals surface area contributed by atoms with E-state index in [1.54, 1.807) is 30.9 Å². The largest absolute Gasteiger partial charge is 0.480 e. The normalized spacial score (nSPS) is 11.9. The molecule has 5 nitrogen and oxygen atoms in total. The molecule has 6 heteroatoms. The average Bonchev–Trinajstić information content (AvgIpc) is 2.34. The van der Waals surface area contributed by atoms with Crippen LogP contribution in [0.1, 0.15) is 22.3 Å². The molecule has 1 atom stereocenters. The van der Waals surface area contributed by atoms with Crippen molar-refractivity contribution in [3.05, 3.63) is 29.6 Å². The Morgan fingerprint density at radius 2 is 2.28 bits per heavy atom. The summed E-state index contributed by atoms with van der Waals surface area (Å²) in [5.74, 6) is -0.725. The highest BCUT2D eigenvalue weighted by atomic mass is 32.2. The number of hydrogen-bond donors (Lipinski definition) is 2. The van der Waals surface area contributed by atoms with Gasteiger partial charge in [-0.05, 0) is 37.0 Å². The van der Waals surface area contributed by atoms with Crippen LogP contribution in [-0.4, -0.2) is 40.0 Å². The number of carboxylic acid groups (broad SMARTS) is 1.